The van der Waals surface area contributed by atoms with Gasteiger partial charge in [-0.2, -0.15) is 0 Å². The first-order valence-electron chi connectivity index (χ1n) is 8.87. The van der Waals surface area contributed by atoms with Gasteiger partial charge < -0.3 is 24.8 Å². The topological polar surface area (TPSA) is 103 Å². The van der Waals surface area contributed by atoms with Crippen LogP contribution in [0.15, 0.2) is 48.5 Å². The monoisotopic (exact) mass is 396 g/mol. The number of esters is 1. The molecule has 0 saturated heterocycles. The summed E-state index contributed by atoms with van der Waals surface area (Å²) in [5.41, 5.74) is 1.87. The maximum absolute atomic E-state index is 12.2. The number of carbonyl (C=O) groups is 3. The molecule has 0 aliphatic carbocycles. The lowest BCUT2D eigenvalue weighted by atomic mass is 10.2. The Hall–Kier alpha value is -3.81. The summed E-state index contributed by atoms with van der Waals surface area (Å²) in [6, 6.07) is 11.9. The number of anilines is 2. The second kappa shape index (κ2) is 8.92. The van der Waals surface area contributed by atoms with Gasteiger partial charge in [-0.1, -0.05) is 6.07 Å². The maximum atomic E-state index is 12.2. The molecule has 3 rings (SSSR count). The number of ether oxygens (including phenoxy) is 3. The molecule has 150 valence electrons. The number of nitrogens with one attached hydrogen (secondary N) is 2. The van der Waals surface area contributed by atoms with E-state index in [-0.39, 0.29) is 12.7 Å². The van der Waals surface area contributed by atoms with E-state index in [1.807, 2.05) is 0 Å². The Morgan fingerprint density at radius 1 is 1.00 bits per heavy atom. The molecule has 2 N–H and O–H groups in total. The number of rotatable bonds is 6. The molecule has 8 heteroatoms. The lowest BCUT2D eigenvalue weighted by molar-refractivity contribution is -0.148. The Labute approximate surface area is 167 Å². The first-order chi connectivity index (χ1) is 13.9. The van der Waals surface area contributed by atoms with E-state index in [1.165, 1.54) is 19.9 Å². The van der Waals surface area contributed by atoms with Crippen LogP contribution < -0.4 is 20.1 Å². The van der Waals surface area contributed by atoms with E-state index < -0.39 is 18.0 Å². The van der Waals surface area contributed by atoms with Gasteiger partial charge in [0, 0.05) is 24.4 Å². The van der Waals surface area contributed by atoms with Crippen molar-refractivity contribution in [2.75, 3.05) is 17.4 Å². The SMILES string of the molecule is CC(=O)Nc1ccc(NC(=O)C(C)OC(=O)C=Cc2ccc3c(c2)OCO3)cc1. The molecular weight excluding hydrogens is 376 g/mol. The zero-order chi connectivity index (χ0) is 20.8. The van der Waals surface area contributed by atoms with E-state index in [0.29, 0.717) is 22.9 Å². The van der Waals surface area contributed by atoms with Crippen LogP contribution in [0, 0.1) is 0 Å². The van der Waals surface area contributed by atoms with Crippen molar-refractivity contribution in [1.82, 2.24) is 0 Å². The van der Waals surface area contributed by atoms with Crippen LogP contribution in [0.2, 0.25) is 0 Å². The molecule has 1 aliphatic rings. The largest absolute Gasteiger partial charge is 0.454 e. The fraction of sp³-hybridized carbons (Fsp3) is 0.190. The number of fused-ring (bicyclic) bond motifs is 1. The summed E-state index contributed by atoms with van der Waals surface area (Å²) in [4.78, 5) is 35.2. The zero-order valence-corrected chi connectivity index (χ0v) is 15.9. The fourth-order valence-electron chi connectivity index (χ4n) is 2.53. The molecule has 1 aliphatic heterocycles. The Bertz CT molecular complexity index is 952. The summed E-state index contributed by atoms with van der Waals surface area (Å²) >= 11 is 0. The van der Waals surface area contributed by atoms with Crippen molar-refractivity contribution in [1.29, 1.82) is 0 Å². The van der Waals surface area contributed by atoms with Crippen LogP contribution in [0.1, 0.15) is 19.4 Å². The van der Waals surface area contributed by atoms with Crippen molar-refractivity contribution >= 4 is 35.2 Å². The van der Waals surface area contributed by atoms with Gasteiger partial charge in [-0.3, -0.25) is 9.59 Å². The predicted octanol–water partition coefficient (Wildman–Crippen LogP) is 2.96. The van der Waals surface area contributed by atoms with E-state index in [0.717, 1.165) is 5.56 Å². The molecule has 1 heterocycles. The second-order valence-corrected chi connectivity index (χ2v) is 6.27. The second-order valence-electron chi connectivity index (χ2n) is 6.27. The molecule has 2 amide bonds. The minimum Gasteiger partial charge on any atom is -0.454 e. The third-order valence-corrected chi connectivity index (χ3v) is 3.94. The average Bonchev–Trinajstić information content (AvgIpc) is 3.15. The van der Waals surface area contributed by atoms with Gasteiger partial charge in [0.05, 0.1) is 0 Å². The average molecular weight is 396 g/mol. The number of benzene rings is 2. The highest BCUT2D eigenvalue weighted by molar-refractivity contribution is 5.97. The lowest BCUT2D eigenvalue weighted by Gasteiger charge is -2.12. The van der Waals surface area contributed by atoms with Crippen LogP contribution in [0.25, 0.3) is 6.08 Å². The van der Waals surface area contributed by atoms with Crippen LogP contribution in [0.5, 0.6) is 11.5 Å². The van der Waals surface area contributed by atoms with Gasteiger partial charge in [0.1, 0.15) is 0 Å². The molecule has 29 heavy (non-hydrogen) atoms. The first-order valence-corrected chi connectivity index (χ1v) is 8.87. The summed E-state index contributed by atoms with van der Waals surface area (Å²) in [6.07, 6.45) is 1.82. The zero-order valence-electron chi connectivity index (χ0n) is 15.9. The van der Waals surface area contributed by atoms with Gasteiger partial charge in [0.2, 0.25) is 12.7 Å². The van der Waals surface area contributed by atoms with Crippen LogP contribution in [-0.2, 0) is 19.1 Å². The molecule has 1 unspecified atom stereocenters. The molecule has 0 fully saturated rings. The van der Waals surface area contributed by atoms with Crippen LogP contribution in [0.3, 0.4) is 0 Å². The van der Waals surface area contributed by atoms with Crippen LogP contribution in [-0.4, -0.2) is 30.7 Å². The van der Waals surface area contributed by atoms with Gasteiger partial charge in [-0.15, -0.1) is 0 Å². The Morgan fingerprint density at radius 2 is 1.66 bits per heavy atom. The Morgan fingerprint density at radius 3 is 2.34 bits per heavy atom. The molecular formula is C21H20N2O6. The number of amides is 2. The molecule has 0 radical (unpaired) electrons. The maximum Gasteiger partial charge on any atom is 0.331 e. The van der Waals surface area contributed by atoms with Crippen molar-refractivity contribution in [2.24, 2.45) is 0 Å². The number of carbonyl (C=O) groups excluding carboxylic acids is 3. The third kappa shape index (κ3) is 5.58. The molecule has 0 spiro atoms. The minimum atomic E-state index is -0.987. The van der Waals surface area contributed by atoms with E-state index in [4.69, 9.17) is 14.2 Å². The van der Waals surface area contributed by atoms with Gasteiger partial charge in [0.25, 0.3) is 5.91 Å². The highest BCUT2D eigenvalue weighted by Gasteiger charge is 2.17. The fourth-order valence-corrected chi connectivity index (χ4v) is 2.53. The van der Waals surface area contributed by atoms with Gasteiger partial charge in [0.15, 0.2) is 17.6 Å². The van der Waals surface area contributed by atoms with Crippen molar-refractivity contribution in [3.63, 3.8) is 0 Å². The standard InChI is InChI=1S/C21H20N2O6/c1-13(21(26)23-17-7-5-16(6-8-17)22-14(2)24)29-20(25)10-4-15-3-9-18-19(11-15)28-12-27-18/h3-11,13H,12H2,1-2H3,(H,22,24)(H,23,26). The normalized spacial score (nSPS) is 13.0. The highest BCUT2D eigenvalue weighted by atomic mass is 16.7. The summed E-state index contributed by atoms with van der Waals surface area (Å²) in [6.45, 7) is 3.06. The third-order valence-electron chi connectivity index (χ3n) is 3.94. The molecule has 2 aromatic rings. The molecule has 8 nitrogen and oxygen atoms in total. The molecule has 2 aromatic carbocycles. The number of hydrogen-bond acceptors (Lipinski definition) is 6. The summed E-state index contributed by atoms with van der Waals surface area (Å²) in [5, 5.41) is 5.28. The van der Waals surface area contributed by atoms with E-state index in [1.54, 1.807) is 48.5 Å². The van der Waals surface area contributed by atoms with E-state index in [2.05, 4.69) is 10.6 Å². The molecule has 0 bridgehead atoms. The minimum absolute atomic E-state index is 0.174. The molecule has 0 aromatic heterocycles. The van der Waals surface area contributed by atoms with Gasteiger partial charge in [-0.05, 0) is 55.0 Å². The Kier molecular flexibility index (Phi) is 6.13. The van der Waals surface area contributed by atoms with Gasteiger partial charge >= 0.3 is 5.97 Å². The summed E-state index contributed by atoms with van der Waals surface area (Å²) < 4.78 is 15.6. The van der Waals surface area contributed by atoms with E-state index in [9.17, 15) is 14.4 Å². The lowest BCUT2D eigenvalue weighted by Crippen LogP contribution is -2.29. The predicted molar refractivity (Wildman–Crippen MR) is 107 cm³/mol. The highest BCUT2D eigenvalue weighted by Crippen LogP contribution is 2.32. The quantitative estimate of drug-likeness (QED) is 0.575. The van der Waals surface area contributed by atoms with Gasteiger partial charge in [-0.25, -0.2) is 4.79 Å². The number of hydrogen-bond donors (Lipinski definition) is 2. The first kappa shape index (κ1) is 19.9. The van der Waals surface area contributed by atoms with Crippen molar-refractivity contribution in [2.45, 2.75) is 20.0 Å². The Balaban J connectivity index is 1.51. The van der Waals surface area contributed by atoms with Crippen molar-refractivity contribution in [3.05, 3.63) is 54.1 Å². The summed E-state index contributed by atoms with van der Waals surface area (Å²) in [7, 11) is 0. The molecule has 0 saturated carbocycles. The van der Waals surface area contributed by atoms with Crippen LogP contribution >= 0.6 is 0 Å². The van der Waals surface area contributed by atoms with E-state index >= 15 is 0 Å². The molecule has 1 atom stereocenters. The van der Waals surface area contributed by atoms with Crippen LogP contribution in [0.4, 0.5) is 11.4 Å². The summed E-state index contributed by atoms with van der Waals surface area (Å²) in [5.74, 6) is -0.0394. The van der Waals surface area contributed by atoms with Crippen molar-refractivity contribution < 1.29 is 28.6 Å². The van der Waals surface area contributed by atoms with Crippen molar-refractivity contribution in [3.8, 4) is 11.5 Å². The smallest absolute Gasteiger partial charge is 0.331 e.